The van der Waals surface area contributed by atoms with Gasteiger partial charge >= 0.3 is 0 Å². The molecule has 1 aromatic heterocycles. The highest BCUT2D eigenvalue weighted by molar-refractivity contribution is 7.92. The van der Waals surface area contributed by atoms with Crippen LogP contribution in [0.15, 0.2) is 18.2 Å². The van der Waals surface area contributed by atoms with E-state index < -0.39 is 14.6 Å². The zero-order chi connectivity index (χ0) is 15.8. The summed E-state index contributed by atoms with van der Waals surface area (Å²) in [7, 11) is -1.61. The molecule has 0 fully saturated rings. The van der Waals surface area contributed by atoms with Gasteiger partial charge in [-0.05, 0) is 26.0 Å². The van der Waals surface area contributed by atoms with E-state index in [2.05, 4.69) is 4.98 Å². The van der Waals surface area contributed by atoms with Crippen molar-refractivity contribution in [3.05, 3.63) is 24.0 Å². The van der Waals surface area contributed by atoms with Gasteiger partial charge in [-0.25, -0.2) is 13.4 Å². The van der Waals surface area contributed by atoms with Crippen LogP contribution in [0.4, 0.5) is 0 Å². The van der Waals surface area contributed by atoms with Gasteiger partial charge in [0.05, 0.1) is 28.8 Å². The molecule has 1 aromatic carbocycles. The molecule has 7 heteroatoms. The summed E-state index contributed by atoms with van der Waals surface area (Å²) in [6, 6.07) is 5.51. The van der Waals surface area contributed by atoms with E-state index in [0.717, 1.165) is 11.0 Å². The Morgan fingerprint density at radius 2 is 2.05 bits per heavy atom. The van der Waals surface area contributed by atoms with Gasteiger partial charge in [0.1, 0.15) is 11.6 Å². The lowest BCUT2D eigenvalue weighted by Crippen LogP contribution is -2.36. The van der Waals surface area contributed by atoms with E-state index in [0.29, 0.717) is 18.1 Å². The number of imidazole rings is 1. The van der Waals surface area contributed by atoms with Crippen molar-refractivity contribution in [3.63, 3.8) is 0 Å². The summed E-state index contributed by atoms with van der Waals surface area (Å²) in [6.45, 7) is 3.71. The number of rotatable bonds is 5. The molecule has 2 rings (SSSR count). The first-order valence-corrected chi connectivity index (χ1v) is 8.91. The fourth-order valence-electron chi connectivity index (χ4n) is 2.06. The van der Waals surface area contributed by atoms with Crippen molar-refractivity contribution in [3.8, 4) is 5.75 Å². The molecule has 0 bridgehead atoms. The molecule has 5 nitrogen and oxygen atoms in total. The van der Waals surface area contributed by atoms with Crippen LogP contribution in [0.2, 0.25) is 0 Å². The van der Waals surface area contributed by atoms with Gasteiger partial charge in [-0.15, -0.1) is 11.6 Å². The molecular formula is C14H19ClN2O3S. The summed E-state index contributed by atoms with van der Waals surface area (Å²) in [4.78, 5) is 4.46. The molecule has 0 aliphatic heterocycles. The van der Waals surface area contributed by atoms with E-state index in [4.69, 9.17) is 16.3 Å². The average molecular weight is 331 g/mol. The number of hydrogen-bond acceptors (Lipinski definition) is 4. The summed E-state index contributed by atoms with van der Waals surface area (Å²) in [6.07, 6.45) is 1.25. The highest BCUT2D eigenvalue weighted by atomic mass is 35.5. The molecule has 0 saturated carbocycles. The molecule has 21 heavy (non-hydrogen) atoms. The van der Waals surface area contributed by atoms with E-state index in [1.54, 1.807) is 21.0 Å². The standard InChI is InChI=1S/C14H19ClN2O3S/c1-14(2,21(4,18)19)9-17-12-6-5-10(20-3)7-11(12)16-13(17)8-15/h5-7H,8-9H2,1-4H3. The molecular weight excluding hydrogens is 312 g/mol. The van der Waals surface area contributed by atoms with Crippen LogP contribution in [0.3, 0.4) is 0 Å². The van der Waals surface area contributed by atoms with Crippen molar-refractivity contribution in [2.24, 2.45) is 0 Å². The highest BCUT2D eigenvalue weighted by Gasteiger charge is 2.32. The molecule has 0 aliphatic carbocycles. The fraction of sp³-hybridized carbons (Fsp3) is 0.500. The van der Waals surface area contributed by atoms with Crippen LogP contribution in [0.1, 0.15) is 19.7 Å². The predicted octanol–water partition coefficient (Wildman–Crippen LogP) is 2.61. The number of benzene rings is 1. The number of fused-ring (bicyclic) bond motifs is 1. The Bertz CT molecular complexity index is 766. The number of halogens is 1. The van der Waals surface area contributed by atoms with E-state index in [-0.39, 0.29) is 5.88 Å². The van der Waals surface area contributed by atoms with Gasteiger partial charge in [-0.2, -0.15) is 0 Å². The van der Waals surface area contributed by atoms with Gasteiger partial charge in [0.2, 0.25) is 0 Å². The Morgan fingerprint density at radius 3 is 2.57 bits per heavy atom. The van der Waals surface area contributed by atoms with Crippen molar-refractivity contribution < 1.29 is 13.2 Å². The number of hydrogen-bond donors (Lipinski definition) is 0. The average Bonchev–Trinajstić information content (AvgIpc) is 2.74. The topological polar surface area (TPSA) is 61.2 Å². The Hall–Kier alpha value is -1.27. The number of sulfone groups is 1. The summed E-state index contributed by atoms with van der Waals surface area (Å²) < 4.78 is 30.0. The maximum atomic E-state index is 11.9. The molecule has 2 aromatic rings. The van der Waals surface area contributed by atoms with Crippen LogP contribution in [0, 0.1) is 0 Å². The highest BCUT2D eigenvalue weighted by Crippen LogP contribution is 2.26. The number of alkyl halides is 1. The molecule has 0 radical (unpaired) electrons. The van der Waals surface area contributed by atoms with Gasteiger partial charge in [0, 0.05) is 18.9 Å². The third kappa shape index (κ3) is 3.01. The Morgan fingerprint density at radius 1 is 1.38 bits per heavy atom. The van der Waals surface area contributed by atoms with Crippen LogP contribution >= 0.6 is 11.6 Å². The Labute approximate surface area is 129 Å². The summed E-state index contributed by atoms with van der Waals surface area (Å²) in [5, 5.41) is 0. The number of nitrogens with zero attached hydrogens (tertiary/aromatic N) is 2. The molecule has 0 atom stereocenters. The maximum absolute atomic E-state index is 11.9. The van der Waals surface area contributed by atoms with Crippen LogP contribution in [0.5, 0.6) is 5.75 Å². The normalized spacial score (nSPS) is 12.8. The van der Waals surface area contributed by atoms with Crippen molar-refractivity contribution in [2.75, 3.05) is 13.4 Å². The minimum atomic E-state index is -3.20. The lowest BCUT2D eigenvalue weighted by molar-refractivity contribution is 0.415. The number of ether oxygens (including phenoxy) is 1. The van der Waals surface area contributed by atoms with Crippen molar-refractivity contribution >= 4 is 32.5 Å². The Kier molecular flexibility index (Phi) is 4.22. The van der Waals surface area contributed by atoms with Crippen molar-refractivity contribution in [2.45, 2.75) is 31.0 Å². The van der Waals surface area contributed by atoms with Crippen LogP contribution in [0.25, 0.3) is 11.0 Å². The fourth-order valence-corrected chi connectivity index (χ4v) is 2.63. The van der Waals surface area contributed by atoms with Gasteiger partial charge in [-0.1, -0.05) is 0 Å². The first kappa shape index (κ1) is 16.1. The molecule has 0 spiro atoms. The number of aromatic nitrogens is 2. The molecule has 116 valence electrons. The van der Waals surface area contributed by atoms with Gasteiger partial charge in [0.25, 0.3) is 0 Å². The third-order valence-corrected chi connectivity index (χ3v) is 6.07. The quantitative estimate of drug-likeness (QED) is 0.791. The number of methoxy groups -OCH3 is 1. The third-order valence-electron chi connectivity index (χ3n) is 3.70. The lowest BCUT2D eigenvalue weighted by atomic mass is 10.2. The molecule has 0 saturated heterocycles. The van der Waals surface area contributed by atoms with E-state index >= 15 is 0 Å². The smallest absolute Gasteiger partial charge is 0.154 e. The lowest BCUT2D eigenvalue weighted by Gasteiger charge is -2.24. The van der Waals surface area contributed by atoms with E-state index in [1.807, 2.05) is 22.8 Å². The van der Waals surface area contributed by atoms with Crippen molar-refractivity contribution in [1.29, 1.82) is 0 Å². The molecule has 0 N–H and O–H groups in total. The predicted molar refractivity (Wildman–Crippen MR) is 84.8 cm³/mol. The summed E-state index contributed by atoms with van der Waals surface area (Å²) >= 11 is 5.96. The summed E-state index contributed by atoms with van der Waals surface area (Å²) in [5.41, 5.74) is 1.59. The molecule has 1 heterocycles. The first-order chi connectivity index (χ1) is 9.69. The second kappa shape index (κ2) is 5.50. The van der Waals surface area contributed by atoms with Gasteiger partial charge in [-0.3, -0.25) is 0 Å². The van der Waals surface area contributed by atoms with Crippen LogP contribution < -0.4 is 4.74 Å². The second-order valence-electron chi connectivity index (χ2n) is 5.63. The minimum Gasteiger partial charge on any atom is -0.497 e. The SMILES string of the molecule is COc1ccc2c(c1)nc(CCl)n2CC(C)(C)S(C)(=O)=O. The molecule has 0 unspecified atom stereocenters. The van der Waals surface area contributed by atoms with Crippen LogP contribution in [-0.2, 0) is 22.3 Å². The summed E-state index contributed by atoms with van der Waals surface area (Å²) in [5.74, 6) is 1.57. The second-order valence-corrected chi connectivity index (χ2v) is 8.55. The minimum absolute atomic E-state index is 0.219. The maximum Gasteiger partial charge on any atom is 0.154 e. The zero-order valence-corrected chi connectivity index (χ0v) is 14.1. The van der Waals surface area contributed by atoms with E-state index in [9.17, 15) is 8.42 Å². The monoisotopic (exact) mass is 330 g/mol. The molecule has 0 amide bonds. The first-order valence-electron chi connectivity index (χ1n) is 6.48. The van der Waals surface area contributed by atoms with Crippen LogP contribution in [-0.4, -0.2) is 36.1 Å². The van der Waals surface area contributed by atoms with Gasteiger partial charge < -0.3 is 9.30 Å². The molecule has 0 aliphatic rings. The van der Waals surface area contributed by atoms with Crippen molar-refractivity contribution in [1.82, 2.24) is 9.55 Å². The largest absolute Gasteiger partial charge is 0.497 e. The van der Waals surface area contributed by atoms with Gasteiger partial charge in [0.15, 0.2) is 9.84 Å². The zero-order valence-electron chi connectivity index (χ0n) is 12.6. The Balaban J connectivity index is 2.57. The van der Waals surface area contributed by atoms with E-state index in [1.165, 1.54) is 6.26 Å².